The zero-order valence-corrected chi connectivity index (χ0v) is 45.5. The first kappa shape index (κ1) is 56.0. The zero-order valence-electron chi connectivity index (χ0n) is 43.2. The molecule has 0 atom stereocenters. The molecule has 12 nitrogen and oxygen atoms in total. The fraction of sp³-hybridized carbons (Fsp3) is 0.290. The predicted octanol–water partition coefficient (Wildman–Crippen LogP) is 15.2. The van der Waals surface area contributed by atoms with Crippen molar-refractivity contribution in [3.8, 4) is 34.0 Å². The molecule has 2 aliphatic rings. The van der Waals surface area contributed by atoms with E-state index in [1.807, 2.05) is 133 Å². The maximum Gasteiger partial charge on any atom is 0.337 e. The number of amides is 1. The normalized spacial score (nSPS) is 13.6. The van der Waals surface area contributed by atoms with Crippen molar-refractivity contribution in [3.63, 3.8) is 0 Å². The van der Waals surface area contributed by atoms with Crippen molar-refractivity contribution >= 4 is 91.1 Å². The van der Waals surface area contributed by atoms with Crippen molar-refractivity contribution in [2.45, 2.75) is 89.3 Å². The molecular weight excluding hydrogens is 1040 g/mol. The van der Waals surface area contributed by atoms with Gasteiger partial charge < -0.3 is 40.0 Å². The molecule has 2 aromatic heterocycles. The van der Waals surface area contributed by atoms with Crippen molar-refractivity contribution in [3.05, 3.63) is 167 Å². The Morgan fingerprint density at radius 3 is 1.43 bits per heavy atom. The monoisotopic (exact) mass is 1100 g/mol. The molecule has 2 heterocycles. The van der Waals surface area contributed by atoms with Crippen LogP contribution in [0.4, 0.5) is 11.4 Å². The van der Waals surface area contributed by atoms with Crippen LogP contribution in [-0.4, -0.2) is 59.0 Å². The van der Waals surface area contributed by atoms with Crippen LogP contribution in [0.3, 0.4) is 0 Å². The lowest BCUT2D eigenvalue weighted by Crippen LogP contribution is -2.14. The standard InChI is InChI=1S/C31H31ClN2O4.C29H30N2O3.C2H2Cl2O/c1-37-31(36)22-12-14-24-26(16-22)34-30(29(24)21-10-6-3-7-11-21)25-15-13-23(17-27(25)33-28(35)18-32)38-19-20-8-4-2-5-9-20;1-33-29(32)21-12-14-24-26(16-21)31-28(27(24)20-10-6-3-7-11-20)23-15-13-22(17-25(23)30)34-18-19-8-4-2-5-9-19;3-1-2(4)5/h2,4-5,8-9,12-17,21,34H,3,6-7,10-11,18-19H2,1H3,(H,33,35);2,4-5,8-9,12-17,20,31H,3,6-7,10-11,18,30H2,1H3;1H2. The number of carbonyl (C=O) groups is 4. The number of alkyl halides is 2. The number of benzene rings is 6. The minimum atomic E-state index is -0.508. The largest absolute Gasteiger partial charge is 0.489 e. The molecule has 10 rings (SSSR count). The van der Waals surface area contributed by atoms with Gasteiger partial charge in [-0.2, -0.15) is 0 Å². The van der Waals surface area contributed by atoms with Crippen molar-refractivity contribution in [2.75, 3.05) is 37.0 Å². The van der Waals surface area contributed by atoms with Gasteiger partial charge in [0.25, 0.3) is 0 Å². The van der Waals surface area contributed by atoms with Crippen LogP contribution in [0, 0.1) is 0 Å². The average molecular weight is 1100 g/mol. The van der Waals surface area contributed by atoms with Gasteiger partial charge >= 0.3 is 11.9 Å². The minimum Gasteiger partial charge on any atom is -0.489 e. The van der Waals surface area contributed by atoms with Crippen LogP contribution in [0.25, 0.3) is 44.3 Å². The number of hydrogen-bond acceptors (Lipinski definition) is 9. The maximum atomic E-state index is 12.4. The summed E-state index contributed by atoms with van der Waals surface area (Å²) in [5.74, 6) is 0.974. The number of aromatic amines is 2. The Morgan fingerprint density at radius 2 is 1.00 bits per heavy atom. The van der Waals surface area contributed by atoms with E-state index in [1.165, 1.54) is 63.9 Å². The summed E-state index contributed by atoms with van der Waals surface area (Å²) < 4.78 is 21.9. The number of ether oxygens (including phenoxy) is 4. The number of aromatic nitrogens is 2. The molecule has 5 N–H and O–H groups in total. The highest BCUT2D eigenvalue weighted by molar-refractivity contribution is 6.67. The van der Waals surface area contributed by atoms with Crippen molar-refractivity contribution in [2.24, 2.45) is 0 Å². The Kier molecular flexibility index (Phi) is 19.8. The van der Waals surface area contributed by atoms with E-state index in [0.717, 1.165) is 86.9 Å². The lowest BCUT2D eigenvalue weighted by molar-refractivity contribution is -0.114. The number of nitrogen functional groups attached to an aromatic ring is 1. The second-order valence-electron chi connectivity index (χ2n) is 19.2. The summed E-state index contributed by atoms with van der Waals surface area (Å²) in [5, 5.41) is 4.69. The van der Waals surface area contributed by atoms with Gasteiger partial charge in [-0.3, -0.25) is 9.59 Å². The summed E-state index contributed by atoms with van der Waals surface area (Å²) in [6, 6.07) is 43.1. The van der Waals surface area contributed by atoms with Crippen LogP contribution in [0.1, 0.15) is 119 Å². The lowest BCUT2D eigenvalue weighted by atomic mass is 9.81. The number of H-pyrrole nitrogens is 2. The number of halogens is 3. The van der Waals surface area contributed by atoms with Gasteiger partial charge in [-0.05, 0) is 120 Å². The number of carbonyl (C=O) groups excluding carboxylic acids is 4. The summed E-state index contributed by atoms with van der Waals surface area (Å²) in [7, 11) is 2.79. The first-order valence-electron chi connectivity index (χ1n) is 25.9. The van der Waals surface area contributed by atoms with E-state index < -0.39 is 5.24 Å². The highest BCUT2D eigenvalue weighted by Gasteiger charge is 2.28. The van der Waals surface area contributed by atoms with E-state index in [4.69, 9.17) is 59.5 Å². The molecule has 77 heavy (non-hydrogen) atoms. The summed E-state index contributed by atoms with van der Waals surface area (Å²) in [6.07, 6.45) is 11.9. The van der Waals surface area contributed by atoms with Crippen molar-refractivity contribution < 1.29 is 38.1 Å². The van der Waals surface area contributed by atoms with Gasteiger partial charge in [-0.1, -0.05) is 111 Å². The number of anilines is 2. The summed E-state index contributed by atoms with van der Waals surface area (Å²) in [4.78, 5) is 53.4. The van der Waals surface area contributed by atoms with Crippen LogP contribution in [0.15, 0.2) is 133 Å². The zero-order chi connectivity index (χ0) is 54.3. The smallest absolute Gasteiger partial charge is 0.337 e. The van der Waals surface area contributed by atoms with E-state index in [2.05, 4.69) is 15.3 Å². The molecule has 8 aromatic rings. The number of rotatable bonds is 15. The van der Waals surface area contributed by atoms with E-state index >= 15 is 0 Å². The second-order valence-corrected chi connectivity index (χ2v) is 20.1. The van der Waals surface area contributed by atoms with Gasteiger partial charge in [-0.15, -0.1) is 23.2 Å². The third-order valence-electron chi connectivity index (χ3n) is 14.1. The molecule has 0 radical (unpaired) electrons. The average Bonchev–Trinajstić information content (AvgIpc) is 4.05. The van der Waals surface area contributed by atoms with E-state index in [0.29, 0.717) is 53.3 Å². The fourth-order valence-corrected chi connectivity index (χ4v) is 10.5. The molecule has 0 saturated heterocycles. The van der Waals surface area contributed by atoms with Crippen molar-refractivity contribution in [1.29, 1.82) is 0 Å². The van der Waals surface area contributed by atoms with E-state index in [-0.39, 0.29) is 29.6 Å². The molecule has 1 amide bonds. The lowest BCUT2D eigenvalue weighted by Gasteiger charge is -2.23. The molecule has 0 spiro atoms. The Bertz CT molecular complexity index is 3310. The van der Waals surface area contributed by atoms with Gasteiger partial charge in [0, 0.05) is 50.8 Å². The fourth-order valence-electron chi connectivity index (χ4n) is 10.4. The minimum absolute atomic E-state index is 0.0957. The van der Waals surface area contributed by atoms with Crippen LogP contribution in [0.2, 0.25) is 0 Å². The second kappa shape index (κ2) is 27.2. The van der Waals surface area contributed by atoms with E-state index in [9.17, 15) is 19.2 Å². The number of hydrogen-bond donors (Lipinski definition) is 4. The number of methoxy groups -OCH3 is 2. The SMILES string of the molecule is COC(=O)c1ccc2c(C3CCCCC3)c(-c3ccc(OCc4ccccc4)cc3N)[nH]c2c1.COC(=O)c1ccc2c(C3CCCCC3)c(-c3ccc(OCc4ccccc4)cc3NC(=O)CCl)[nH]c2c1.O=C(Cl)CCl. The Balaban J connectivity index is 0.000000188. The molecule has 6 aromatic carbocycles. The van der Waals surface area contributed by atoms with Crippen LogP contribution in [-0.2, 0) is 32.3 Å². The summed E-state index contributed by atoms with van der Waals surface area (Å²) in [5.41, 5.74) is 19.2. The van der Waals surface area contributed by atoms with Gasteiger partial charge in [0.1, 0.15) is 30.6 Å². The molecule has 2 saturated carbocycles. The molecule has 2 fully saturated rings. The highest BCUT2D eigenvalue weighted by atomic mass is 35.5. The van der Waals surface area contributed by atoms with Gasteiger partial charge in [0.15, 0.2) is 0 Å². The Hall–Kier alpha value is -7.25. The summed E-state index contributed by atoms with van der Waals surface area (Å²) in [6.45, 7) is 0.911. The van der Waals surface area contributed by atoms with Crippen LogP contribution < -0.4 is 20.5 Å². The molecule has 2 aliphatic carbocycles. The van der Waals surface area contributed by atoms with Crippen LogP contribution in [0.5, 0.6) is 11.5 Å². The molecule has 0 unspecified atom stereocenters. The molecule has 0 bridgehead atoms. The van der Waals surface area contributed by atoms with E-state index in [1.54, 1.807) is 0 Å². The molecule has 0 aliphatic heterocycles. The summed E-state index contributed by atoms with van der Waals surface area (Å²) >= 11 is 15.4. The third-order valence-corrected chi connectivity index (χ3v) is 14.9. The Morgan fingerprint density at radius 1 is 0.558 bits per heavy atom. The topological polar surface area (TPSA) is 175 Å². The number of esters is 2. The third kappa shape index (κ3) is 14.2. The highest BCUT2D eigenvalue weighted by Crippen LogP contribution is 2.46. The number of fused-ring (bicyclic) bond motifs is 2. The van der Waals surface area contributed by atoms with Gasteiger partial charge in [0.05, 0.1) is 48.3 Å². The first-order valence-corrected chi connectivity index (χ1v) is 27.4. The predicted molar refractivity (Wildman–Crippen MR) is 309 cm³/mol. The maximum absolute atomic E-state index is 12.4. The molecule has 15 heteroatoms. The quantitative estimate of drug-likeness (QED) is 0.0337. The number of nitrogens with one attached hydrogen (secondary N) is 3. The first-order chi connectivity index (χ1) is 37.5. The molecule has 400 valence electrons. The van der Waals surface area contributed by atoms with Gasteiger partial charge in [0.2, 0.25) is 11.1 Å². The van der Waals surface area contributed by atoms with Crippen molar-refractivity contribution in [1.82, 2.24) is 9.97 Å². The molecular formula is C62H63Cl3N4O8. The van der Waals surface area contributed by atoms with Gasteiger partial charge in [-0.25, -0.2) is 9.59 Å². The number of nitrogens with two attached hydrogens (primary N) is 1. The van der Waals surface area contributed by atoms with Crippen LogP contribution >= 0.6 is 34.8 Å². The Labute approximate surface area is 463 Å².